The first-order valence-corrected chi connectivity index (χ1v) is 7.90. The average molecular weight is 348 g/mol. The summed E-state index contributed by atoms with van der Waals surface area (Å²) in [6.45, 7) is 0. The van der Waals surface area contributed by atoms with Crippen molar-refractivity contribution in [2.24, 2.45) is 0 Å². The standard InChI is InChI=1S/C17H18BrNO2/c1-21-16-9-7-14(8-10-16)17(20)19-15(12-18)11-13-5-3-2-4-6-13/h2-10,15H,11-12H2,1H3,(H,19,20). The Labute approximate surface area is 133 Å². The Morgan fingerprint density at radius 3 is 2.38 bits per heavy atom. The Balaban J connectivity index is 1.98. The minimum Gasteiger partial charge on any atom is -0.497 e. The van der Waals surface area contributed by atoms with Crippen LogP contribution in [0.15, 0.2) is 54.6 Å². The minimum atomic E-state index is -0.0713. The van der Waals surface area contributed by atoms with Crippen molar-refractivity contribution in [3.05, 3.63) is 65.7 Å². The number of hydrogen-bond donors (Lipinski definition) is 1. The smallest absolute Gasteiger partial charge is 0.251 e. The maximum atomic E-state index is 12.2. The molecule has 0 radical (unpaired) electrons. The maximum Gasteiger partial charge on any atom is 0.251 e. The third-order valence-electron chi connectivity index (χ3n) is 3.20. The Hall–Kier alpha value is -1.81. The van der Waals surface area contributed by atoms with Crippen LogP contribution in [0, 0.1) is 0 Å². The molecule has 21 heavy (non-hydrogen) atoms. The van der Waals surface area contributed by atoms with Crippen LogP contribution in [-0.4, -0.2) is 24.4 Å². The van der Waals surface area contributed by atoms with Crippen LogP contribution in [0.3, 0.4) is 0 Å². The third-order valence-corrected chi connectivity index (χ3v) is 3.98. The number of ether oxygens (including phenoxy) is 1. The van der Waals surface area contributed by atoms with Crippen LogP contribution in [0.5, 0.6) is 5.75 Å². The molecule has 0 aliphatic heterocycles. The SMILES string of the molecule is COc1ccc(C(=O)NC(CBr)Cc2ccccc2)cc1. The molecule has 0 bridgehead atoms. The zero-order chi connectivity index (χ0) is 15.1. The van der Waals surface area contributed by atoms with Crippen LogP contribution in [0.2, 0.25) is 0 Å². The van der Waals surface area contributed by atoms with Crippen molar-refractivity contribution in [2.75, 3.05) is 12.4 Å². The molecule has 2 aromatic carbocycles. The molecule has 1 N–H and O–H groups in total. The molecular weight excluding hydrogens is 330 g/mol. The van der Waals surface area contributed by atoms with Gasteiger partial charge in [0.2, 0.25) is 0 Å². The van der Waals surface area contributed by atoms with Crippen molar-refractivity contribution in [3.63, 3.8) is 0 Å². The molecule has 0 aliphatic carbocycles. The number of alkyl halides is 1. The quantitative estimate of drug-likeness (QED) is 0.813. The fourth-order valence-electron chi connectivity index (χ4n) is 2.05. The van der Waals surface area contributed by atoms with E-state index in [-0.39, 0.29) is 11.9 Å². The number of halogens is 1. The van der Waals surface area contributed by atoms with E-state index in [9.17, 15) is 4.79 Å². The second-order valence-corrected chi connectivity index (χ2v) is 5.39. The van der Waals surface area contributed by atoms with E-state index >= 15 is 0 Å². The summed E-state index contributed by atoms with van der Waals surface area (Å²) in [4.78, 5) is 12.2. The molecule has 0 saturated heterocycles. The van der Waals surface area contributed by atoms with Crippen molar-refractivity contribution in [1.82, 2.24) is 5.32 Å². The number of carbonyl (C=O) groups excluding carboxylic acids is 1. The predicted molar refractivity (Wildman–Crippen MR) is 88.2 cm³/mol. The van der Waals surface area contributed by atoms with Gasteiger partial charge in [0.25, 0.3) is 5.91 Å². The van der Waals surface area contributed by atoms with Crippen LogP contribution >= 0.6 is 15.9 Å². The first-order valence-electron chi connectivity index (χ1n) is 6.77. The van der Waals surface area contributed by atoms with Crippen molar-refractivity contribution < 1.29 is 9.53 Å². The molecule has 1 atom stereocenters. The molecule has 0 saturated carbocycles. The highest BCUT2D eigenvalue weighted by Crippen LogP contribution is 2.12. The monoisotopic (exact) mass is 347 g/mol. The number of rotatable bonds is 6. The Morgan fingerprint density at radius 2 is 1.81 bits per heavy atom. The van der Waals surface area contributed by atoms with Gasteiger partial charge in [-0.05, 0) is 36.2 Å². The number of nitrogens with one attached hydrogen (secondary N) is 1. The van der Waals surface area contributed by atoms with Gasteiger partial charge >= 0.3 is 0 Å². The molecule has 0 aromatic heterocycles. The average Bonchev–Trinajstić information content (AvgIpc) is 2.55. The molecule has 0 spiro atoms. The van der Waals surface area contributed by atoms with Gasteiger partial charge < -0.3 is 10.1 Å². The van der Waals surface area contributed by atoms with Gasteiger partial charge in [-0.1, -0.05) is 46.3 Å². The van der Waals surface area contributed by atoms with E-state index in [1.807, 2.05) is 18.2 Å². The summed E-state index contributed by atoms with van der Waals surface area (Å²) in [5, 5.41) is 3.75. The predicted octanol–water partition coefficient (Wildman–Crippen LogP) is 3.43. The van der Waals surface area contributed by atoms with E-state index < -0.39 is 0 Å². The van der Waals surface area contributed by atoms with Crippen LogP contribution < -0.4 is 10.1 Å². The first kappa shape index (κ1) is 15.6. The van der Waals surface area contributed by atoms with Crippen LogP contribution in [0.25, 0.3) is 0 Å². The summed E-state index contributed by atoms with van der Waals surface area (Å²) in [5.74, 6) is 0.672. The van der Waals surface area contributed by atoms with Gasteiger partial charge in [0.15, 0.2) is 0 Å². The summed E-state index contributed by atoms with van der Waals surface area (Å²) < 4.78 is 5.09. The zero-order valence-corrected chi connectivity index (χ0v) is 13.5. The number of hydrogen-bond acceptors (Lipinski definition) is 2. The van der Waals surface area contributed by atoms with E-state index in [1.165, 1.54) is 5.56 Å². The van der Waals surface area contributed by atoms with Gasteiger partial charge in [-0.25, -0.2) is 0 Å². The molecule has 110 valence electrons. The number of benzene rings is 2. The van der Waals surface area contributed by atoms with Gasteiger partial charge in [-0.15, -0.1) is 0 Å². The van der Waals surface area contributed by atoms with Crippen molar-refractivity contribution in [2.45, 2.75) is 12.5 Å². The molecule has 0 aliphatic rings. The lowest BCUT2D eigenvalue weighted by molar-refractivity contribution is 0.0941. The molecular formula is C17H18BrNO2. The highest BCUT2D eigenvalue weighted by molar-refractivity contribution is 9.09. The molecule has 0 fully saturated rings. The van der Waals surface area contributed by atoms with Crippen LogP contribution in [0.1, 0.15) is 15.9 Å². The molecule has 2 aromatic rings. The second-order valence-electron chi connectivity index (χ2n) is 4.74. The molecule has 1 amide bonds. The third kappa shape index (κ3) is 4.60. The highest BCUT2D eigenvalue weighted by atomic mass is 79.9. The molecule has 3 nitrogen and oxygen atoms in total. The lowest BCUT2D eigenvalue weighted by atomic mass is 10.1. The van der Waals surface area contributed by atoms with Crippen LogP contribution in [0.4, 0.5) is 0 Å². The van der Waals surface area contributed by atoms with E-state index in [0.717, 1.165) is 12.2 Å². The number of amides is 1. The largest absolute Gasteiger partial charge is 0.497 e. The summed E-state index contributed by atoms with van der Waals surface area (Å²) >= 11 is 3.46. The summed E-state index contributed by atoms with van der Waals surface area (Å²) in [5.41, 5.74) is 1.84. The fraction of sp³-hybridized carbons (Fsp3) is 0.235. The van der Waals surface area contributed by atoms with E-state index in [1.54, 1.807) is 31.4 Å². The maximum absolute atomic E-state index is 12.2. The van der Waals surface area contributed by atoms with Crippen molar-refractivity contribution in [1.29, 1.82) is 0 Å². The van der Waals surface area contributed by atoms with Crippen LogP contribution in [-0.2, 0) is 6.42 Å². The van der Waals surface area contributed by atoms with E-state index in [4.69, 9.17) is 4.74 Å². The molecule has 4 heteroatoms. The normalized spacial score (nSPS) is 11.7. The summed E-state index contributed by atoms with van der Waals surface area (Å²) in [7, 11) is 1.61. The number of methoxy groups -OCH3 is 1. The van der Waals surface area contributed by atoms with Crippen molar-refractivity contribution in [3.8, 4) is 5.75 Å². The van der Waals surface area contributed by atoms with Gasteiger partial charge in [0.1, 0.15) is 5.75 Å². The molecule has 1 unspecified atom stereocenters. The highest BCUT2D eigenvalue weighted by Gasteiger charge is 2.13. The summed E-state index contributed by atoms with van der Waals surface area (Å²) in [6.07, 6.45) is 0.800. The van der Waals surface area contributed by atoms with Gasteiger partial charge in [-0.3, -0.25) is 4.79 Å². The zero-order valence-electron chi connectivity index (χ0n) is 11.9. The fourth-order valence-corrected chi connectivity index (χ4v) is 2.44. The van der Waals surface area contributed by atoms with Gasteiger partial charge in [0, 0.05) is 16.9 Å². The Bertz CT molecular complexity index is 569. The number of carbonyl (C=O) groups is 1. The van der Waals surface area contributed by atoms with E-state index in [2.05, 4.69) is 33.4 Å². The topological polar surface area (TPSA) is 38.3 Å². The minimum absolute atomic E-state index is 0.0574. The lowest BCUT2D eigenvalue weighted by Gasteiger charge is -2.16. The first-order chi connectivity index (χ1) is 10.2. The molecule has 2 rings (SSSR count). The van der Waals surface area contributed by atoms with Gasteiger partial charge in [-0.2, -0.15) is 0 Å². The molecule has 0 heterocycles. The second kappa shape index (κ2) is 7.84. The Kier molecular flexibility index (Phi) is 5.81. The van der Waals surface area contributed by atoms with Crippen molar-refractivity contribution >= 4 is 21.8 Å². The van der Waals surface area contributed by atoms with E-state index in [0.29, 0.717) is 10.9 Å². The van der Waals surface area contributed by atoms with Gasteiger partial charge in [0.05, 0.1) is 7.11 Å². The lowest BCUT2D eigenvalue weighted by Crippen LogP contribution is -2.37. The summed E-state index contributed by atoms with van der Waals surface area (Å²) in [6, 6.07) is 17.3. The Morgan fingerprint density at radius 1 is 1.14 bits per heavy atom.